The first-order valence-electron chi connectivity index (χ1n) is 5.48. The van der Waals surface area contributed by atoms with Crippen LogP contribution in [0.25, 0.3) is 0 Å². The van der Waals surface area contributed by atoms with Crippen molar-refractivity contribution >= 4 is 20.0 Å². The summed E-state index contributed by atoms with van der Waals surface area (Å²) in [6.45, 7) is 4.50. The Hall–Kier alpha value is -1.70. The highest BCUT2D eigenvalue weighted by atomic mass is 32.2. The average molecular weight is 314 g/mol. The molecule has 0 aliphatic heterocycles. The zero-order valence-corrected chi connectivity index (χ0v) is 12.4. The highest BCUT2D eigenvalue weighted by molar-refractivity contribution is 7.95. The number of allylic oxidation sites excluding steroid dienone is 4. The quantitative estimate of drug-likeness (QED) is 0.665. The Kier molecular flexibility index (Phi) is 5.04. The second kappa shape index (κ2) is 6.17. The minimum atomic E-state index is -4.44. The first-order chi connectivity index (χ1) is 9.19. The SMILES string of the molecule is C=C/C=C(\C=C(/C)S(=O)(=O)O)S(=O)(=O)c1ccccc1. The molecule has 0 fully saturated rings. The van der Waals surface area contributed by atoms with Crippen LogP contribution in [0.15, 0.2) is 69.8 Å². The molecule has 20 heavy (non-hydrogen) atoms. The summed E-state index contributed by atoms with van der Waals surface area (Å²) < 4.78 is 55.5. The lowest BCUT2D eigenvalue weighted by Gasteiger charge is -2.06. The van der Waals surface area contributed by atoms with Gasteiger partial charge in [-0.1, -0.05) is 30.9 Å². The Balaban J connectivity index is 3.45. The molecule has 1 aromatic carbocycles. The fourth-order valence-corrected chi connectivity index (χ4v) is 3.09. The molecular weight excluding hydrogens is 300 g/mol. The molecule has 0 saturated carbocycles. The molecule has 0 heterocycles. The number of benzene rings is 1. The Bertz CT molecular complexity index is 754. The van der Waals surface area contributed by atoms with Gasteiger partial charge in [-0.3, -0.25) is 4.55 Å². The second-order valence-electron chi connectivity index (χ2n) is 3.85. The largest absolute Gasteiger partial charge is 0.290 e. The predicted molar refractivity (Wildman–Crippen MR) is 77.2 cm³/mol. The topological polar surface area (TPSA) is 88.5 Å². The molecule has 0 aliphatic carbocycles. The molecule has 1 rings (SSSR count). The minimum Gasteiger partial charge on any atom is -0.282 e. The van der Waals surface area contributed by atoms with Gasteiger partial charge < -0.3 is 0 Å². The van der Waals surface area contributed by atoms with Crippen molar-refractivity contribution in [2.24, 2.45) is 0 Å². The van der Waals surface area contributed by atoms with E-state index >= 15 is 0 Å². The summed E-state index contributed by atoms with van der Waals surface area (Å²) in [5, 5.41) is 0. The number of sulfone groups is 1. The van der Waals surface area contributed by atoms with Crippen LogP contribution in [-0.2, 0) is 20.0 Å². The lowest BCUT2D eigenvalue weighted by Crippen LogP contribution is -2.06. The third kappa shape index (κ3) is 3.89. The van der Waals surface area contributed by atoms with Crippen LogP contribution in [0.2, 0.25) is 0 Å². The summed E-state index contributed by atoms with van der Waals surface area (Å²) in [4.78, 5) is -0.716. The molecule has 0 bridgehead atoms. The van der Waals surface area contributed by atoms with E-state index in [1.54, 1.807) is 18.2 Å². The molecule has 0 atom stereocenters. The Morgan fingerprint density at radius 1 is 1.15 bits per heavy atom. The lowest BCUT2D eigenvalue weighted by atomic mass is 10.4. The van der Waals surface area contributed by atoms with Crippen LogP contribution < -0.4 is 0 Å². The summed E-state index contributed by atoms with van der Waals surface area (Å²) in [6, 6.07) is 7.55. The predicted octanol–water partition coefficient (Wildman–Crippen LogP) is 2.32. The number of hydrogen-bond acceptors (Lipinski definition) is 4. The summed E-state index contributed by atoms with van der Waals surface area (Å²) in [5.74, 6) is 0. The van der Waals surface area contributed by atoms with E-state index in [1.165, 1.54) is 18.2 Å². The van der Waals surface area contributed by atoms with Crippen LogP contribution >= 0.6 is 0 Å². The van der Waals surface area contributed by atoms with Crippen molar-refractivity contribution in [1.82, 2.24) is 0 Å². The maximum atomic E-state index is 12.3. The normalized spacial score (nSPS) is 14.1. The van der Waals surface area contributed by atoms with E-state index in [1.807, 2.05) is 0 Å². The zero-order valence-electron chi connectivity index (χ0n) is 10.7. The molecule has 1 aromatic rings. The van der Waals surface area contributed by atoms with E-state index < -0.39 is 24.9 Å². The van der Waals surface area contributed by atoms with Gasteiger partial charge in [0.2, 0.25) is 9.84 Å². The van der Waals surface area contributed by atoms with Gasteiger partial charge in [0.15, 0.2) is 0 Å². The smallest absolute Gasteiger partial charge is 0.282 e. The molecule has 0 aliphatic rings. The van der Waals surface area contributed by atoms with Crippen LogP contribution in [0.3, 0.4) is 0 Å². The molecule has 108 valence electrons. The van der Waals surface area contributed by atoms with Crippen molar-refractivity contribution in [3.05, 3.63) is 64.9 Å². The summed E-state index contributed by atoms with van der Waals surface area (Å²) in [7, 11) is -8.32. The monoisotopic (exact) mass is 314 g/mol. The molecule has 0 radical (unpaired) electrons. The van der Waals surface area contributed by atoms with Crippen LogP contribution in [-0.4, -0.2) is 21.4 Å². The van der Waals surface area contributed by atoms with Gasteiger partial charge >= 0.3 is 0 Å². The molecule has 0 spiro atoms. The maximum absolute atomic E-state index is 12.3. The highest BCUT2D eigenvalue weighted by Crippen LogP contribution is 2.22. The van der Waals surface area contributed by atoms with Crippen LogP contribution in [0.4, 0.5) is 0 Å². The van der Waals surface area contributed by atoms with Crippen LogP contribution in [0.5, 0.6) is 0 Å². The minimum absolute atomic E-state index is 0.0208. The molecular formula is C13H14O5S2. The molecule has 0 amide bonds. The first-order valence-corrected chi connectivity index (χ1v) is 8.40. The second-order valence-corrected chi connectivity index (χ2v) is 7.40. The summed E-state index contributed by atoms with van der Waals surface area (Å²) >= 11 is 0. The van der Waals surface area contributed by atoms with Crippen molar-refractivity contribution in [2.45, 2.75) is 11.8 Å². The van der Waals surface area contributed by atoms with Crippen molar-refractivity contribution in [3.63, 3.8) is 0 Å². The van der Waals surface area contributed by atoms with Gasteiger partial charge in [-0.15, -0.1) is 0 Å². The van der Waals surface area contributed by atoms with Gasteiger partial charge in [-0.25, -0.2) is 8.42 Å². The van der Waals surface area contributed by atoms with E-state index in [-0.39, 0.29) is 9.80 Å². The average Bonchev–Trinajstić information content (AvgIpc) is 2.38. The van der Waals surface area contributed by atoms with E-state index in [9.17, 15) is 16.8 Å². The van der Waals surface area contributed by atoms with Crippen molar-refractivity contribution in [3.8, 4) is 0 Å². The fraction of sp³-hybridized carbons (Fsp3) is 0.0769. The first kappa shape index (κ1) is 16.4. The lowest BCUT2D eigenvalue weighted by molar-refractivity contribution is 0.491. The summed E-state index contributed by atoms with van der Waals surface area (Å²) in [5.41, 5.74) is 0. The van der Waals surface area contributed by atoms with Gasteiger partial charge in [0, 0.05) is 0 Å². The molecule has 1 N–H and O–H groups in total. The zero-order chi connectivity index (χ0) is 15.4. The van der Waals surface area contributed by atoms with E-state index in [0.29, 0.717) is 0 Å². The molecule has 0 unspecified atom stereocenters. The van der Waals surface area contributed by atoms with Gasteiger partial charge in [0.25, 0.3) is 10.1 Å². The van der Waals surface area contributed by atoms with Crippen molar-refractivity contribution in [2.75, 3.05) is 0 Å². The summed E-state index contributed by atoms with van der Waals surface area (Å²) in [6.07, 6.45) is 3.28. The van der Waals surface area contributed by atoms with Crippen molar-refractivity contribution in [1.29, 1.82) is 0 Å². The Morgan fingerprint density at radius 2 is 1.70 bits per heavy atom. The van der Waals surface area contributed by atoms with Gasteiger partial charge in [0.1, 0.15) is 0 Å². The van der Waals surface area contributed by atoms with Crippen LogP contribution in [0, 0.1) is 0 Å². The van der Waals surface area contributed by atoms with Gasteiger partial charge in [-0.05, 0) is 31.2 Å². The maximum Gasteiger partial charge on any atom is 0.290 e. The van der Waals surface area contributed by atoms with Gasteiger partial charge in [0.05, 0.1) is 14.7 Å². The molecule has 0 saturated heterocycles. The molecule has 0 aromatic heterocycles. The Labute approximate surface area is 118 Å². The highest BCUT2D eigenvalue weighted by Gasteiger charge is 2.20. The molecule has 5 nitrogen and oxygen atoms in total. The third-order valence-electron chi connectivity index (χ3n) is 2.40. The standard InChI is InChI=1S/C13H14O5S2/c1-3-7-13(10-11(2)20(16,17)18)19(14,15)12-8-5-4-6-9-12/h3-10H,1H2,2H3,(H,16,17,18)/b11-10+,13-7+. The molecule has 7 heteroatoms. The third-order valence-corrected chi connectivity index (χ3v) is 5.10. The van der Waals surface area contributed by atoms with E-state index in [2.05, 4.69) is 6.58 Å². The van der Waals surface area contributed by atoms with Crippen molar-refractivity contribution < 1.29 is 21.4 Å². The van der Waals surface area contributed by atoms with Gasteiger partial charge in [-0.2, -0.15) is 8.42 Å². The fourth-order valence-electron chi connectivity index (χ4n) is 1.34. The number of hydrogen-bond donors (Lipinski definition) is 1. The Morgan fingerprint density at radius 3 is 2.15 bits per heavy atom. The van der Waals surface area contributed by atoms with E-state index in [4.69, 9.17) is 4.55 Å². The van der Waals surface area contributed by atoms with E-state index in [0.717, 1.165) is 19.1 Å². The van der Waals surface area contributed by atoms with Crippen LogP contribution in [0.1, 0.15) is 6.92 Å². The number of rotatable bonds is 5.